The molecule has 4 heteroatoms. The Hall–Kier alpha value is -1.45. The van der Waals surface area contributed by atoms with Gasteiger partial charge in [-0.05, 0) is 42.1 Å². The summed E-state index contributed by atoms with van der Waals surface area (Å²) in [7, 11) is 0. The van der Waals surface area contributed by atoms with Crippen molar-refractivity contribution in [2.45, 2.75) is 19.0 Å². The lowest BCUT2D eigenvalue weighted by Gasteiger charge is -2.10. The summed E-state index contributed by atoms with van der Waals surface area (Å²) in [5, 5.41) is 0. The summed E-state index contributed by atoms with van der Waals surface area (Å²) >= 11 is 0. The van der Waals surface area contributed by atoms with Crippen LogP contribution in [0, 0.1) is 5.82 Å². The van der Waals surface area contributed by atoms with E-state index in [1.54, 1.807) is 36.4 Å². The van der Waals surface area contributed by atoms with Crippen LogP contribution in [0.3, 0.4) is 0 Å². The molecule has 2 aromatic rings. The average molecular weight is 298 g/mol. The van der Waals surface area contributed by atoms with E-state index in [1.807, 2.05) is 6.07 Å². The Morgan fingerprint density at radius 3 is 2.30 bits per heavy atom. The lowest BCUT2D eigenvalue weighted by molar-refractivity contribution is 0.400. The van der Waals surface area contributed by atoms with E-state index in [0.29, 0.717) is 29.7 Å². The van der Waals surface area contributed by atoms with Crippen LogP contribution in [-0.2, 0) is 6.42 Å². The SMILES string of the molecule is Cl.NCCCc1ccc(C(F)c2ccccc2)cc1F. The van der Waals surface area contributed by atoms with E-state index in [0.717, 1.165) is 6.42 Å². The fourth-order valence-corrected chi connectivity index (χ4v) is 2.03. The summed E-state index contributed by atoms with van der Waals surface area (Å²) in [6.07, 6.45) is 0.0260. The highest BCUT2D eigenvalue weighted by atomic mass is 35.5. The van der Waals surface area contributed by atoms with Crippen molar-refractivity contribution < 1.29 is 8.78 Å². The van der Waals surface area contributed by atoms with Crippen LogP contribution in [0.15, 0.2) is 48.5 Å². The number of benzene rings is 2. The normalized spacial score (nSPS) is 11.8. The lowest BCUT2D eigenvalue weighted by atomic mass is 10.00. The van der Waals surface area contributed by atoms with Crippen LogP contribution in [0.4, 0.5) is 8.78 Å². The van der Waals surface area contributed by atoms with E-state index in [1.165, 1.54) is 6.07 Å². The Morgan fingerprint density at radius 1 is 1.00 bits per heavy atom. The summed E-state index contributed by atoms with van der Waals surface area (Å²) < 4.78 is 28.1. The van der Waals surface area contributed by atoms with E-state index < -0.39 is 6.17 Å². The molecule has 0 aliphatic heterocycles. The van der Waals surface area contributed by atoms with Crippen LogP contribution >= 0.6 is 12.4 Å². The molecule has 0 saturated carbocycles. The van der Waals surface area contributed by atoms with Gasteiger partial charge in [0.1, 0.15) is 5.82 Å². The van der Waals surface area contributed by atoms with E-state index in [9.17, 15) is 8.78 Å². The highest BCUT2D eigenvalue weighted by molar-refractivity contribution is 5.85. The van der Waals surface area contributed by atoms with Gasteiger partial charge in [-0.1, -0.05) is 42.5 Å². The molecule has 1 nitrogen and oxygen atoms in total. The molecule has 0 aromatic heterocycles. The minimum absolute atomic E-state index is 0. The van der Waals surface area contributed by atoms with Crippen LogP contribution in [0.25, 0.3) is 0 Å². The van der Waals surface area contributed by atoms with E-state index in [-0.39, 0.29) is 18.2 Å². The molecule has 0 heterocycles. The maximum atomic E-state index is 14.2. The zero-order valence-electron chi connectivity index (χ0n) is 11.1. The first-order chi connectivity index (χ1) is 9.22. The van der Waals surface area contributed by atoms with Crippen LogP contribution < -0.4 is 5.73 Å². The number of rotatable bonds is 5. The van der Waals surface area contributed by atoms with Gasteiger partial charge in [0.05, 0.1) is 0 Å². The summed E-state index contributed by atoms with van der Waals surface area (Å²) in [4.78, 5) is 0. The van der Waals surface area contributed by atoms with Gasteiger partial charge in [0.15, 0.2) is 6.17 Å². The average Bonchev–Trinajstić information content (AvgIpc) is 2.46. The Morgan fingerprint density at radius 2 is 1.70 bits per heavy atom. The predicted octanol–water partition coefficient (Wildman–Crippen LogP) is 4.20. The molecular formula is C16H18ClF2N. The molecule has 0 amide bonds. The smallest absolute Gasteiger partial charge is 0.150 e. The van der Waals surface area contributed by atoms with Crippen molar-refractivity contribution in [3.8, 4) is 0 Å². The summed E-state index contributed by atoms with van der Waals surface area (Å²) in [6.45, 7) is 0.525. The minimum atomic E-state index is -1.29. The molecule has 0 spiro atoms. The zero-order valence-corrected chi connectivity index (χ0v) is 11.9. The van der Waals surface area contributed by atoms with Gasteiger partial charge in [0.25, 0.3) is 0 Å². The van der Waals surface area contributed by atoms with E-state index in [2.05, 4.69) is 0 Å². The van der Waals surface area contributed by atoms with Crippen molar-refractivity contribution in [2.24, 2.45) is 5.73 Å². The second kappa shape index (κ2) is 7.98. The number of hydrogen-bond acceptors (Lipinski definition) is 1. The van der Waals surface area contributed by atoms with Crippen molar-refractivity contribution in [1.29, 1.82) is 0 Å². The number of nitrogens with two attached hydrogens (primary N) is 1. The molecule has 1 unspecified atom stereocenters. The third-order valence-electron chi connectivity index (χ3n) is 3.11. The molecule has 0 bridgehead atoms. The molecule has 0 aliphatic carbocycles. The Balaban J connectivity index is 0.00000200. The van der Waals surface area contributed by atoms with Gasteiger partial charge in [-0.3, -0.25) is 0 Å². The number of halogens is 3. The molecule has 0 saturated heterocycles. The molecule has 0 fully saturated rings. The van der Waals surface area contributed by atoms with Crippen LogP contribution in [0.5, 0.6) is 0 Å². The summed E-state index contributed by atoms with van der Waals surface area (Å²) in [6, 6.07) is 13.3. The van der Waals surface area contributed by atoms with E-state index >= 15 is 0 Å². The zero-order chi connectivity index (χ0) is 13.7. The fourth-order valence-electron chi connectivity index (χ4n) is 2.03. The second-order valence-electron chi connectivity index (χ2n) is 4.52. The summed E-state index contributed by atoms with van der Waals surface area (Å²) in [5.41, 5.74) is 6.88. The molecule has 108 valence electrons. The van der Waals surface area contributed by atoms with Crippen molar-refractivity contribution in [1.82, 2.24) is 0 Å². The highest BCUT2D eigenvalue weighted by Crippen LogP contribution is 2.27. The summed E-state index contributed by atoms with van der Waals surface area (Å²) in [5.74, 6) is -0.357. The van der Waals surface area contributed by atoms with Gasteiger partial charge >= 0.3 is 0 Å². The minimum Gasteiger partial charge on any atom is -0.330 e. The first-order valence-electron chi connectivity index (χ1n) is 6.40. The lowest BCUT2D eigenvalue weighted by Crippen LogP contribution is -2.02. The molecular weight excluding hydrogens is 280 g/mol. The Bertz CT molecular complexity index is 531. The first kappa shape index (κ1) is 16.6. The maximum Gasteiger partial charge on any atom is 0.150 e. The molecule has 0 radical (unpaired) electrons. The molecule has 2 rings (SSSR count). The Kier molecular flexibility index (Phi) is 6.62. The monoisotopic (exact) mass is 297 g/mol. The standard InChI is InChI=1S/C16H17F2N.ClH/c17-15-11-14(9-8-12(15)7-4-10-19)16(18)13-5-2-1-3-6-13;/h1-3,5-6,8-9,11,16H,4,7,10,19H2;1H. The quantitative estimate of drug-likeness (QED) is 0.879. The van der Waals surface area contributed by atoms with E-state index in [4.69, 9.17) is 5.73 Å². The van der Waals surface area contributed by atoms with Gasteiger partial charge in [0.2, 0.25) is 0 Å². The van der Waals surface area contributed by atoms with Crippen LogP contribution in [0.2, 0.25) is 0 Å². The maximum absolute atomic E-state index is 14.2. The van der Waals surface area contributed by atoms with Crippen LogP contribution in [0.1, 0.15) is 29.3 Å². The molecule has 1 atom stereocenters. The molecule has 20 heavy (non-hydrogen) atoms. The number of alkyl halides is 1. The first-order valence-corrected chi connectivity index (χ1v) is 6.40. The van der Waals surface area contributed by atoms with Gasteiger partial charge in [-0.2, -0.15) is 0 Å². The van der Waals surface area contributed by atoms with Gasteiger partial charge in [-0.25, -0.2) is 8.78 Å². The third-order valence-corrected chi connectivity index (χ3v) is 3.11. The second-order valence-corrected chi connectivity index (χ2v) is 4.52. The van der Waals surface area contributed by atoms with Crippen LogP contribution in [-0.4, -0.2) is 6.54 Å². The number of aryl methyl sites for hydroxylation is 1. The van der Waals surface area contributed by atoms with Crippen molar-refractivity contribution in [3.05, 3.63) is 71.0 Å². The fraction of sp³-hybridized carbons (Fsp3) is 0.250. The van der Waals surface area contributed by atoms with Gasteiger partial charge in [0, 0.05) is 0 Å². The van der Waals surface area contributed by atoms with Gasteiger partial charge < -0.3 is 5.73 Å². The Labute approximate surface area is 124 Å². The molecule has 0 aliphatic rings. The topological polar surface area (TPSA) is 26.0 Å². The predicted molar refractivity (Wildman–Crippen MR) is 80.4 cm³/mol. The van der Waals surface area contributed by atoms with Crippen molar-refractivity contribution >= 4 is 12.4 Å². The molecule has 2 aromatic carbocycles. The molecule has 2 N–H and O–H groups in total. The highest BCUT2D eigenvalue weighted by Gasteiger charge is 2.14. The largest absolute Gasteiger partial charge is 0.330 e. The van der Waals surface area contributed by atoms with Crippen molar-refractivity contribution in [2.75, 3.05) is 6.54 Å². The number of hydrogen-bond donors (Lipinski definition) is 1. The van der Waals surface area contributed by atoms with Gasteiger partial charge in [-0.15, -0.1) is 12.4 Å². The van der Waals surface area contributed by atoms with Crippen molar-refractivity contribution in [3.63, 3.8) is 0 Å². The third kappa shape index (κ3) is 4.02.